The van der Waals surface area contributed by atoms with Crippen molar-refractivity contribution in [3.8, 4) is 0 Å². The number of hydrogen-bond donors (Lipinski definition) is 0. The van der Waals surface area contributed by atoms with Crippen LogP contribution in [-0.2, 0) is 9.59 Å². The first-order chi connectivity index (χ1) is 12.1. The van der Waals surface area contributed by atoms with Crippen LogP contribution in [0.4, 0.5) is 0 Å². The predicted molar refractivity (Wildman–Crippen MR) is 114 cm³/mol. The third-order valence-electron chi connectivity index (χ3n) is 4.01. The fourth-order valence-corrected chi connectivity index (χ4v) is 8.39. The molecule has 0 spiro atoms. The van der Waals surface area contributed by atoms with Crippen molar-refractivity contribution in [3.05, 3.63) is 55.5 Å². The number of ketones is 2. The van der Waals surface area contributed by atoms with E-state index in [1.165, 1.54) is 0 Å². The molecule has 0 N–H and O–H groups in total. The van der Waals surface area contributed by atoms with Crippen LogP contribution in [0.25, 0.3) is 0 Å². The maximum Gasteiger partial charge on any atom is 0.158 e. The van der Waals surface area contributed by atoms with Gasteiger partial charge in [-0.2, -0.15) is 0 Å². The molecule has 25 heavy (non-hydrogen) atoms. The van der Waals surface area contributed by atoms with Crippen molar-refractivity contribution in [2.45, 2.75) is 19.8 Å². The normalized spacial score (nSPS) is 17.2. The minimum atomic E-state index is -0.266. The Morgan fingerprint density at radius 1 is 0.760 bits per heavy atom. The SMILES string of the molecule is CC(=O)C(=C1SCCS1)C(C(C(C)=O)=C1SCCS1)c1ccccc1. The molecule has 0 amide bonds. The van der Waals surface area contributed by atoms with E-state index in [1.54, 1.807) is 60.9 Å². The van der Waals surface area contributed by atoms with Gasteiger partial charge in [0.2, 0.25) is 0 Å². The molecule has 2 heterocycles. The molecule has 0 atom stereocenters. The van der Waals surface area contributed by atoms with Crippen LogP contribution >= 0.6 is 47.0 Å². The molecule has 2 aliphatic rings. The van der Waals surface area contributed by atoms with Crippen LogP contribution < -0.4 is 0 Å². The molecule has 6 heteroatoms. The Bertz CT molecular complexity index is 677. The Kier molecular flexibility index (Phi) is 6.83. The van der Waals surface area contributed by atoms with E-state index in [9.17, 15) is 9.59 Å². The van der Waals surface area contributed by atoms with E-state index < -0.39 is 0 Å². The summed E-state index contributed by atoms with van der Waals surface area (Å²) in [6, 6.07) is 10.0. The van der Waals surface area contributed by atoms with Gasteiger partial charge in [0, 0.05) is 48.5 Å². The van der Waals surface area contributed by atoms with Crippen molar-refractivity contribution >= 4 is 58.6 Å². The number of rotatable bonds is 5. The Morgan fingerprint density at radius 3 is 1.52 bits per heavy atom. The molecule has 1 aromatic carbocycles. The van der Waals surface area contributed by atoms with Gasteiger partial charge in [0.15, 0.2) is 11.6 Å². The summed E-state index contributed by atoms with van der Waals surface area (Å²) in [5.74, 6) is 3.96. The standard InChI is InChI=1S/C19H20O2S4/c1-12(20)15(18-22-8-9-23-18)17(14-6-4-3-5-7-14)16(13(2)21)19-24-10-11-25-19/h3-7,17H,8-11H2,1-2H3. The summed E-state index contributed by atoms with van der Waals surface area (Å²) in [6.45, 7) is 3.27. The number of carbonyl (C=O) groups is 2. The van der Waals surface area contributed by atoms with Gasteiger partial charge < -0.3 is 0 Å². The van der Waals surface area contributed by atoms with Gasteiger partial charge in [-0.3, -0.25) is 9.59 Å². The molecule has 2 saturated heterocycles. The van der Waals surface area contributed by atoms with Crippen LogP contribution in [0.15, 0.2) is 50.0 Å². The van der Waals surface area contributed by atoms with Crippen LogP contribution in [0.1, 0.15) is 25.3 Å². The highest BCUT2D eigenvalue weighted by molar-refractivity contribution is 8.25. The Labute approximate surface area is 166 Å². The first-order valence-electron chi connectivity index (χ1n) is 8.16. The van der Waals surface area contributed by atoms with Crippen molar-refractivity contribution in [2.24, 2.45) is 0 Å². The lowest BCUT2D eigenvalue weighted by atomic mass is 9.82. The third-order valence-corrected chi connectivity index (χ3v) is 9.50. The Morgan fingerprint density at radius 2 is 1.16 bits per heavy atom. The molecule has 3 rings (SSSR count). The zero-order valence-corrected chi connectivity index (χ0v) is 17.5. The molecule has 0 radical (unpaired) electrons. The predicted octanol–water partition coefficient (Wildman–Crippen LogP) is 5.33. The summed E-state index contributed by atoms with van der Waals surface area (Å²) >= 11 is 6.99. The molecule has 2 aliphatic heterocycles. The minimum absolute atomic E-state index is 0.0677. The van der Waals surface area contributed by atoms with Gasteiger partial charge in [0.05, 0.1) is 0 Å². The number of carbonyl (C=O) groups excluding carboxylic acids is 2. The van der Waals surface area contributed by atoms with Gasteiger partial charge in [-0.05, 0) is 19.4 Å². The molecule has 0 saturated carbocycles. The number of Topliss-reactive ketones (excluding diaryl/α,β-unsaturated/α-hetero) is 2. The molecular formula is C19H20O2S4. The lowest BCUT2D eigenvalue weighted by Crippen LogP contribution is -2.18. The molecule has 132 valence electrons. The summed E-state index contributed by atoms with van der Waals surface area (Å²) in [6.07, 6.45) is 0. The van der Waals surface area contributed by atoms with E-state index in [0.29, 0.717) is 0 Å². The molecule has 1 aromatic rings. The topological polar surface area (TPSA) is 34.1 Å². The summed E-state index contributed by atoms with van der Waals surface area (Å²) in [4.78, 5) is 25.3. The smallest absolute Gasteiger partial charge is 0.158 e. The van der Waals surface area contributed by atoms with Gasteiger partial charge in [-0.25, -0.2) is 0 Å². The molecule has 0 unspecified atom stereocenters. The molecular weight excluding hydrogens is 388 g/mol. The Balaban J connectivity index is 2.22. The molecule has 0 bridgehead atoms. The van der Waals surface area contributed by atoms with Crippen LogP contribution in [0.5, 0.6) is 0 Å². The van der Waals surface area contributed by atoms with Gasteiger partial charge in [-0.1, -0.05) is 30.3 Å². The summed E-state index contributed by atoms with van der Waals surface area (Å²) in [7, 11) is 0. The molecule has 0 aromatic heterocycles. The highest BCUT2D eigenvalue weighted by Crippen LogP contribution is 2.49. The van der Waals surface area contributed by atoms with Crippen molar-refractivity contribution in [3.63, 3.8) is 0 Å². The molecule has 2 fully saturated rings. The second-order valence-electron chi connectivity index (χ2n) is 5.75. The average molecular weight is 409 g/mol. The average Bonchev–Trinajstić information content (AvgIpc) is 3.28. The molecule has 0 aliphatic carbocycles. The number of benzene rings is 1. The van der Waals surface area contributed by atoms with E-state index in [0.717, 1.165) is 48.2 Å². The van der Waals surface area contributed by atoms with Gasteiger partial charge in [0.25, 0.3) is 0 Å². The number of thioether (sulfide) groups is 4. The second-order valence-corrected chi connectivity index (χ2v) is 10.7. The van der Waals surface area contributed by atoms with Gasteiger partial charge in [0.1, 0.15) is 0 Å². The van der Waals surface area contributed by atoms with E-state index in [2.05, 4.69) is 0 Å². The van der Waals surface area contributed by atoms with Crippen LogP contribution in [-0.4, -0.2) is 34.6 Å². The molecule has 2 nitrogen and oxygen atoms in total. The van der Waals surface area contributed by atoms with Crippen molar-refractivity contribution in [2.75, 3.05) is 23.0 Å². The van der Waals surface area contributed by atoms with Crippen molar-refractivity contribution < 1.29 is 9.59 Å². The number of allylic oxidation sites excluding steroid dienone is 2. The van der Waals surface area contributed by atoms with E-state index >= 15 is 0 Å². The highest BCUT2D eigenvalue weighted by atomic mass is 32.2. The van der Waals surface area contributed by atoms with Gasteiger partial charge in [-0.15, -0.1) is 47.0 Å². The Hall–Kier alpha value is -0.560. The fourth-order valence-electron chi connectivity index (χ4n) is 2.98. The largest absolute Gasteiger partial charge is 0.295 e. The van der Waals surface area contributed by atoms with E-state index in [1.807, 2.05) is 30.3 Å². The highest BCUT2D eigenvalue weighted by Gasteiger charge is 2.34. The maximum atomic E-state index is 12.7. The quantitative estimate of drug-likeness (QED) is 0.613. The minimum Gasteiger partial charge on any atom is -0.295 e. The lowest BCUT2D eigenvalue weighted by Gasteiger charge is -2.24. The van der Waals surface area contributed by atoms with Crippen molar-refractivity contribution in [1.29, 1.82) is 0 Å². The first-order valence-corrected chi connectivity index (χ1v) is 12.1. The van der Waals surface area contributed by atoms with Crippen LogP contribution in [0.3, 0.4) is 0 Å². The maximum absolute atomic E-state index is 12.7. The summed E-state index contributed by atoms with van der Waals surface area (Å²) < 4.78 is 2.18. The van der Waals surface area contributed by atoms with Gasteiger partial charge >= 0.3 is 0 Å². The van der Waals surface area contributed by atoms with Crippen molar-refractivity contribution in [1.82, 2.24) is 0 Å². The van der Waals surface area contributed by atoms with E-state index in [-0.39, 0.29) is 17.5 Å². The van der Waals surface area contributed by atoms with Crippen LogP contribution in [0.2, 0.25) is 0 Å². The fraction of sp³-hybridized carbons (Fsp3) is 0.368. The summed E-state index contributed by atoms with van der Waals surface area (Å²) in [5, 5.41) is 0. The summed E-state index contributed by atoms with van der Waals surface area (Å²) in [5.41, 5.74) is 2.62. The number of hydrogen-bond acceptors (Lipinski definition) is 6. The van der Waals surface area contributed by atoms with E-state index in [4.69, 9.17) is 0 Å². The lowest BCUT2D eigenvalue weighted by molar-refractivity contribution is -0.114. The second kappa shape index (κ2) is 8.89. The monoisotopic (exact) mass is 408 g/mol. The zero-order chi connectivity index (χ0) is 17.8. The first kappa shape index (κ1) is 19.2. The van der Waals surface area contributed by atoms with Crippen LogP contribution in [0, 0.1) is 0 Å². The third kappa shape index (κ3) is 4.41. The zero-order valence-electron chi connectivity index (χ0n) is 14.2.